The van der Waals surface area contributed by atoms with Crippen LogP contribution in [0.25, 0.3) is 0 Å². The maximum Gasteiger partial charge on any atom is 0.270 e. The number of sulfonamides is 1. The van der Waals surface area contributed by atoms with Gasteiger partial charge in [-0.1, -0.05) is 6.92 Å². The Balaban J connectivity index is 1.85. The number of amides is 1. The van der Waals surface area contributed by atoms with Gasteiger partial charge < -0.3 is 15.2 Å². The minimum atomic E-state index is -3.56. The van der Waals surface area contributed by atoms with Crippen molar-refractivity contribution in [3.8, 4) is 0 Å². The number of likely N-dealkylation sites (tertiary alicyclic amines) is 1. The largest absolute Gasteiger partial charge is 0.345 e. The molecule has 3 heterocycles. The average molecular weight is 369 g/mol. The average Bonchev–Trinajstić information content (AvgIpc) is 3.20. The lowest BCUT2D eigenvalue weighted by molar-refractivity contribution is 0.0731. The topological polar surface area (TPSA) is 88.6 Å². The predicted octanol–water partition coefficient (Wildman–Crippen LogP) is 1.01. The van der Waals surface area contributed by atoms with Crippen molar-refractivity contribution in [2.75, 3.05) is 26.2 Å². The van der Waals surface area contributed by atoms with Gasteiger partial charge in [0.2, 0.25) is 10.0 Å². The van der Waals surface area contributed by atoms with E-state index in [1.54, 1.807) is 27.0 Å². The van der Waals surface area contributed by atoms with Gasteiger partial charge in [0, 0.05) is 45.5 Å². The van der Waals surface area contributed by atoms with Gasteiger partial charge in [0.15, 0.2) is 0 Å². The third kappa shape index (κ3) is 3.47. The van der Waals surface area contributed by atoms with Crippen LogP contribution in [0.5, 0.6) is 0 Å². The molecule has 8 heteroatoms. The summed E-state index contributed by atoms with van der Waals surface area (Å²) in [5, 5.41) is 0. The molecule has 7 nitrogen and oxygen atoms in total. The van der Waals surface area contributed by atoms with E-state index < -0.39 is 10.0 Å². The lowest BCUT2D eigenvalue weighted by Gasteiger charge is -2.29. The van der Waals surface area contributed by atoms with Gasteiger partial charge >= 0.3 is 0 Å². The lowest BCUT2D eigenvalue weighted by Crippen LogP contribution is -2.40. The number of nitrogens with zero attached hydrogens (tertiary/aromatic N) is 3. The van der Waals surface area contributed by atoms with Crippen LogP contribution >= 0.6 is 0 Å². The summed E-state index contributed by atoms with van der Waals surface area (Å²) in [6.07, 6.45) is 5.33. The molecule has 2 unspecified atom stereocenters. The summed E-state index contributed by atoms with van der Waals surface area (Å²) in [6.45, 7) is 4.28. The maximum absolute atomic E-state index is 12.9. The molecule has 0 aliphatic carbocycles. The van der Waals surface area contributed by atoms with E-state index in [9.17, 15) is 13.2 Å². The van der Waals surface area contributed by atoms with Crippen molar-refractivity contribution in [2.24, 2.45) is 18.7 Å². The van der Waals surface area contributed by atoms with Crippen LogP contribution in [0.4, 0.5) is 0 Å². The molecule has 2 aliphatic rings. The van der Waals surface area contributed by atoms with Crippen LogP contribution in [0, 0.1) is 5.92 Å². The molecule has 2 saturated heterocycles. The van der Waals surface area contributed by atoms with Crippen LogP contribution in [-0.4, -0.2) is 60.3 Å². The first-order chi connectivity index (χ1) is 11.8. The predicted molar refractivity (Wildman–Crippen MR) is 95.7 cm³/mol. The molecule has 2 aliphatic heterocycles. The zero-order chi connectivity index (χ0) is 18.2. The molecule has 2 atom stereocenters. The van der Waals surface area contributed by atoms with Crippen LogP contribution in [0.1, 0.15) is 43.1 Å². The standard InChI is InChI=1S/C17H28N4O3S/c1-13-5-3-7-20(11-13)25(23,24)15-9-16(19(2)12-15)17(22)21-8-4-6-14(21)10-18/h9,12-14H,3-8,10-11,18H2,1-2H3. The first-order valence-corrected chi connectivity index (χ1v) is 10.5. The Hall–Kier alpha value is -1.38. The van der Waals surface area contributed by atoms with E-state index in [0.717, 1.165) is 25.7 Å². The molecule has 1 amide bonds. The molecule has 140 valence electrons. The van der Waals surface area contributed by atoms with E-state index in [1.165, 1.54) is 6.07 Å². The fourth-order valence-electron chi connectivity index (χ4n) is 3.90. The van der Waals surface area contributed by atoms with Gasteiger partial charge in [-0.15, -0.1) is 0 Å². The highest BCUT2D eigenvalue weighted by atomic mass is 32.2. The fraction of sp³-hybridized carbons (Fsp3) is 0.706. The van der Waals surface area contributed by atoms with Crippen LogP contribution in [0.3, 0.4) is 0 Å². The van der Waals surface area contributed by atoms with Crippen molar-refractivity contribution in [1.29, 1.82) is 0 Å². The number of hydrogen-bond donors (Lipinski definition) is 1. The Morgan fingerprint density at radius 1 is 1.28 bits per heavy atom. The maximum atomic E-state index is 12.9. The number of aromatic nitrogens is 1. The molecule has 0 bridgehead atoms. The molecular weight excluding hydrogens is 340 g/mol. The number of carbonyl (C=O) groups is 1. The van der Waals surface area contributed by atoms with Gasteiger partial charge in [0.25, 0.3) is 5.91 Å². The normalized spacial score (nSPS) is 25.5. The molecule has 2 N–H and O–H groups in total. The van der Waals surface area contributed by atoms with E-state index in [-0.39, 0.29) is 16.8 Å². The first kappa shape index (κ1) is 18.4. The van der Waals surface area contributed by atoms with Crippen LogP contribution in [0.2, 0.25) is 0 Å². The van der Waals surface area contributed by atoms with Gasteiger partial charge in [-0.3, -0.25) is 4.79 Å². The summed E-state index contributed by atoms with van der Waals surface area (Å²) in [5.41, 5.74) is 6.17. The Bertz CT molecular complexity index is 743. The number of carbonyl (C=O) groups excluding carboxylic acids is 1. The Kier molecular flexibility index (Phi) is 5.22. The zero-order valence-electron chi connectivity index (χ0n) is 15.0. The number of nitrogens with two attached hydrogens (primary N) is 1. The van der Waals surface area contributed by atoms with Crippen LogP contribution in [-0.2, 0) is 17.1 Å². The Morgan fingerprint density at radius 3 is 2.68 bits per heavy atom. The number of hydrogen-bond acceptors (Lipinski definition) is 4. The van der Waals surface area contributed by atoms with Gasteiger partial charge in [-0.05, 0) is 37.7 Å². The monoisotopic (exact) mass is 368 g/mol. The summed E-state index contributed by atoms with van der Waals surface area (Å²) < 4.78 is 29.0. The Labute approximate surface area is 149 Å². The lowest BCUT2D eigenvalue weighted by atomic mass is 10.0. The zero-order valence-corrected chi connectivity index (χ0v) is 15.8. The molecule has 0 radical (unpaired) electrons. The SMILES string of the molecule is CC1CCCN(S(=O)(=O)c2cc(C(=O)N3CCCC3CN)n(C)c2)C1. The highest BCUT2D eigenvalue weighted by Crippen LogP contribution is 2.26. The molecule has 25 heavy (non-hydrogen) atoms. The van der Waals surface area contributed by atoms with Gasteiger partial charge in [0.05, 0.1) is 0 Å². The second-order valence-electron chi connectivity index (χ2n) is 7.31. The van der Waals surface area contributed by atoms with Crippen molar-refractivity contribution in [3.63, 3.8) is 0 Å². The van der Waals surface area contributed by atoms with E-state index in [1.807, 2.05) is 0 Å². The third-order valence-electron chi connectivity index (χ3n) is 5.37. The quantitative estimate of drug-likeness (QED) is 0.859. The molecular formula is C17H28N4O3S. The van der Waals surface area contributed by atoms with Crippen molar-refractivity contribution in [3.05, 3.63) is 18.0 Å². The second-order valence-corrected chi connectivity index (χ2v) is 9.25. The summed E-state index contributed by atoms with van der Waals surface area (Å²) in [4.78, 5) is 14.8. The van der Waals surface area contributed by atoms with Crippen molar-refractivity contribution in [2.45, 2.75) is 43.5 Å². The van der Waals surface area contributed by atoms with E-state index in [2.05, 4.69) is 6.92 Å². The smallest absolute Gasteiger partial charge is 0.270 e. The molecule has 1 aromatic rings. The number of aryl methyl sites for hydroxylation is 1. The first-order valence-electron chi connectivity index (χ1n) is 9.02. The minimum absolute atomic E-state index is 0.0467. The van der Waals surface area contributed by atoms with E-state index in [0.29, 0.717) is 37.8 Å². The molecule has 2 fully saturated rings. The van der Waals surface area contributed by atoms with Crippen molar-refractivity contribution < 1.29 is 13.2 Å². The Morgan fingerprint density at radius 2 is 2.00 bits per heavy atom. The summed E-state index contributed by atoms with van der Waals surface area (Å²) in [7, 11) is -1.83. The van der Waals surface area contributed by atoms with Gasteiger partial charge in [0.1, 0.15) is 10.6 Å². The minimum Gasteiger partial charge on any atom is -0.345 e. The summed E-state index contributed by atoms with van der Waals surface area (Å²) in [6, 6.07) is 1.56. The van der Waals surface area contributed by atoms with Crippen molar-refractivity contribution in [1.82, 2.24) is 13.8 Å². The van der Waals surface area contributed by atoms with Crippen molar-refractivity contribution >= 4 is 15.9 Å². The summed E-state index contributed by atoms with van der Waals surface area (Å²) >= 11 is 0. The molecule has 1 aromatic heterocycles. The molecule has 3 rings (SSSR count). The highest BCUT2D eigenvalue weighted by molar-refractivity contribution is 7.89. The van der Waals surface area contributed by atoms with E-state index in [4.69, 9.17) is 5.73 Å². The second kappa shape index (κ2) is 7.09. The van der Waals surface area contributed by atoms with Crippen LogP contribution < -0.4 is 5.73 Å². The number of rotatable bonds is 4. The highest BCUT2D eigenvalue weighted by Gasteiger charge is 2.33. The molecule has 0 saturated carbocycles. The summed E-state index contributed by atoms with van der Waals surface area (Å²) in [5.74, 6) is 0.229. The molecule has 0 aromatic carbocycles. The fourth-order valence-corrected chi connectivity index (χ4v) is 5.57. The molecule has 0 spiro atoms. The third-order valence-corrected chi connectivity index (χ3v) is 7.20. The van der Waals surface area contributed by atoms with Crippen LogP contribution in [0.15, 0.2) is 17.2 Å². The van der Waals surface area contributed by atoms with Gasteiger partial charge in [-0.25, -0.2) is 8.42 Å². The van der Waals surface area contributed by atoms with E-state index >= 15 is 0 Å². The van der Waals surface area contributed by atoms with Gasteiger partial charge in [-0.2, -0.15) is 4.31 Å². The number of piperidine rings is 1.